The Bertz CT molecular complexity index is 160. The van der Waals surface area contributed by atoms with Crippen LogP contribution in [0.3, 0.4) is 0 Å². The molecular weight excluding hydrogens is 184 g/mol. The third-order valence-corrected chi connectivity index (χ3v) is 3.88. The highest BCUT2D eigenvalue weighted by atomic mass is 14.9. The number of hydrogen-bond acceptors (Lipinski definition) is 2. The van der Waals surface area contributed by atoms with Gasteiger partial charge in [0.2, 0.25) is 0 Å². The fraction of sp³-hybridized carbons (Fsp3) is 1.00. The van der Waals surface area contributed by atoms with E-state index >= 15 is 0 Å². The lowest BCUT2D eigenvalue weighted by Gasteiger charge is -2.17. The molecule has 0 aromatic carbocycles. The van der Waals surface area contributed by atoms with Gasteiger partial charge in [-0.2, -0.15) is 0 Å². The maximum atomic E-state index is 5.68. The van der Waals surface area contributed by atoms with Crippen LogP contribution < -0.4 is 11.1 Å². The Labute approximate surface area is 95.0 Å². The lowest BCUT2D eigenvalue weighted by atomic mass is 10.00. The first kappa shape index (κ1) is 13.0. The lowest BCUT2D eigenvalue weighted by molar-refractivity contribution is 0.397. The summed E-state index contributed by atoms with van der Waals surface area (Å²) in [5.74, 6) is 0.721. The summed E-state index contributed by atoms with van der Waals surface area (Å²) in [6, 6.07) is 0. The van der Waals surface area contributed by atoms with Crippen molar-refractivity contribution >= 4 is 0 Å². The summed E-state index contributed by atoms with van der Waals surface area (Å²) in [4.78, 5) is 0. The van der Waals surface area contributed by atoms with E-state index < -0.39 is 0 Å². The number of nitrogens with two attached hydrogens (primary N) is 1. The van der Waals surface area contributed by atoms with Crippen LogP contribution in [0.25, 0.3) is 0 Å². The fourth-order valence-corrected chi connectivity index (χ4v) is 2.37. The highest BCUT2D eigenvalue weighted by molar-refractivity contribution is 4.94. The number of rotatable bonds is 9. The molecule has 1 fully saturated rings. The van der Waals surface area contributed by atoms with Crippen LogP contribution >= 0.6 is 0 Å². The minimum absolute atomic E-state index is 0.694. The van der Waals surface area contributed by atoms with Gasteiger partial charge in [0.1, 0.15) is 0 Å². The van der Waals surface area contributed by atoms with Gasteiger partial charge in [-0.15, -0.1) is 0 Å². The monoisotopic (exact) mass is 212 g/mol. The first-order chi connectivity index (χ1) is 7.26. The number of nitrogens with one attached hydrogen (secondary N) is 1. The summed E-state index contributed by atoms with van der Waals surface area (Å²) in [5, 5.41) is 3.62. The van der Waals surface area contributed by atoms with E-state index in [1.54, 1.807) is 0 Å². The standard InChI is InChI=1S/C13H28N2/c1-3-6-13(7-8-13)11-15-9-5-12(4-2)10-14/h12,15H,3-11,14H2,1-2H3. The van der Waals surface area contributed by atoms with Crippen LogP contribution in [0.5, 0.6) is 0 Å². The molecule has 1 saturated carbocycles. The van der Waals surface area contributed by atoms with Crippen LogP contribution in [-0.2, 0) is 0 Å². The Morgan fingerprint density at radius 3 is 2.53 bits per heavy atom. The second-order valence-corrected chi connectivity index (χ2v) is 5.23. The topological polar surface area (TPSA) is 38.0 Å². The molecule has 0 amide bonds. The van der Waals surface area contributed by atoms with E-state index in [-0.39, 0.29) is 0 Å². The molecule has 2 nitrogen and oxygen atoms in total. The summed E-state index contributed by atoms with van der Waals surface area (Å²) >= 11 is 0. The summed E-state index contributed by atoms with van der Waals surface area (Å²) in [5.41, 5.74) is 6.38. The maximum Gasteiger partial charge on any atom is 0.000781 e. The third-order valence-electron chi connectivity index (χ3n) is 3.88. The van der Waals surface area contributed by atoms with Crippen molar-refractivity contribution in [1.29, 1.82) is 0 Å². The van der Waals surface area contributed by atoms with Crippen LogP contribution in [0.15, 0.2) is 0 Å². The smallest absolute Gasteiger partial charge is 0.000781 e. The van der Waals surface area contributed by atoms with E-state index in [4.69, 9.17) is 5.73 Å². The van der Waals surface area contributed by atoms with E-state index in [0.717, 1.165) is 19.0 Å². The largest absolute Gasteiger partial charge is 0.330 e. The summed E-state index contributed by atoms with van der Waals surface area (Å²) in [6.07, 6.45) is 8.10. The van der Waals surface area contributed by atoms with E-state index in [1.165, 1.54) is 45.1 Å². The predicted molar refractivity (Wildman–Crippen MR) is 66.9 cm³/mol. The Hall–Kier alpha value is -0.0800. The minimum Gasteiger partial charge on any atom is -0.330 e. The van der Waals surface area contributed by atoms with E-state index in [1.807, 2.05) is 0 Å². The average molecular weight is 212 g/mol. The highest BCUT2D eigenvalue weighted by Gasteiger charge is 2.40. The molecule has 2 heteroatoms. The fourth-order valence-electron chi connectivity index (χ4n) is 2.37. The van der Waals surface area contributed by atoms with Gasteiger partial charge >= 0.3 is 0 Å². The van der Waals surface area contributed by atoms with Gasteiger partial charge in [0.15, 0.2) is 0 Å². The van der Waals surface area contributed by atoms with Crippen molar-refractivity contribution in [2.24, 2.45) is 17.1 Å². The molecular formula is C13H28N2. The molecule has 0 radical (unpaired) electrons. The molecule has 3 N–H and O–H groups in total. The molecule has 0 spiro atoms. The molecule has 1 aliphatic carbocycles. The van der Waals surface area contributed by atoms with Crippen molar-refractivity contribution < 1.29 is 0 Å². The Balaban J connectivity index is 2.01. The Morgan fingerprint density at radius 1 is 1.33 bits per heavy atom. The Morgan fingerprint density at radius 2 is 2.07 bits per heavy atom. The van der Waals surface area contributed by atoms with E-state index in [0.29, 0.717) is 5.41 Å². The molecule has 0 heterocycles. The number of hydrogen-bond donors (Lipinski definition) is 2. The van der Waals surface area contributed by atoms with Crippen molar-refractivity contribution in [2.45, 2.75) is 52.4 Å². The predicted octanol–water partition coefficient (Wildman–Crippen LogP) is 2.53. The summed E-state index contributed by atoms with van der Waals surface area (Å²) < 4.78 is 0. The molecule has 1 rings (SSSR count). The van der Waals surface area contributed by atoms with E-state index in [9.17, 15) is 0 Å². The van der Waals surface area contributed by atoms with Crippen LogP contribution in [0.4, 0.5) is 0 Å². The van der Waals surface area contributed by atoms with Crippen molar-refractivity contribution in [3.63, 3.8) is 0 Å². The molecule has 90 valence electrons. The zero-order chi connectivity index (χ0) is 11.1. The summed E-state index contributed by atoms with van der Waals surface area (Å²) in [6.45, 7) is 7.76. The average Bonchev–Trinajstić information content (AvgIpc) is 2.99. The van der Waals surface area contributed by atoms with Gasteiger partial charge in [-0.25, -0.2) is 0 Å². The maximum absolute atomic E-state index is 5.68. The first-order valence-electron chi connectivity index (χ1n) is 6.67. The second kappa shape index (κ2) is 6.49. The second-order valence-electron chi connectivity index (χ2n) is 5.23. The SMILES string of the molecule is CCCC1(CNCCC(CC)CN)CC1. The van der Waals surface area contributed by atoms with Crippen LogP contribution in [0.2, 0.25) is 0 Å². The minimum atomic E-state index is 0.694. The van der Waals surface area contributed by atoms with E-state index in [2.05, 4.69) is 19.2 Å². The first-order valence-corrected chi connectivity index (χ1v) is 6.67. The highest BCUT2D eigenvalue weighted by Crippen LogP contribution is 2.48. The van der Waals surface area contributed by atoms with Gasteiger partial charge in [0, 0.05) is 6.54 Å². The molecule has 1 atom stereocenters. The van der Waals surface area contributed by atoms with Crippen LogP contribution in [-0.4, -0.2) is 19.6 Å². The molecule has 0 saturated heterocycles. The van der Waals surface area contributed by atoms with Crippen molar-refractivity contribution in [3.8, 4) is 0 Å². The van der Waals surface area contributed by atoms with Crippen molar-refractivity contribution in [2.75, 3.05) is 19.6 Å². The molecule has 15 heavy (non-hydrogen) atoms. The molecule has 0 aromatic rings. The van der Waals surface area contributed by atoms with Gasteiger partial charge in [0.25, 0.3) is 0 Å². The molecule has 1 aliphatic rings. The molecule has 1 unspecified atom stereocenters. The van der Waals surface area contributed by atoms with Crippen LogP contribution in [0, 0.1) is 11.3 Å². The quantitative estimate of drug-likeness (QED) is 0.576. The van der Waals surface area contributed by atoms with Gasteiger partial charge < -0.3 is 11.1 Å². The van der Waals surface area contributed by atoms with Crippen molar-refractivity contribution in [3.05, 3.63) is 0 Å². The normalized spacial score (nSPS) is 20.2. The summed E-state index contributed by atoms with van der Waals surface area (Å²) in [7, 11) is 0. The van der Waals surface area contributed by atoms with Crippen LogP contribution in [0.1, 0.15) is 52.4 Å². The van der Waals surface area contributed by atoms with Gasteiger partial charge in [0.05, 0.1) is 0 Å². The molecule has 0 bridgehead atoms. The zero-order valence-electron chi connectivity index (χ0n) is 10.5. The van der Waals surface area contributed by atoms with Gasteiger partial charge in [-0.05, 0) is 50.1 Å². The third kappa shape index (κ3) is 4.52. The lowest BCUT2D eigenvalue weighted by Crippen LogP contribution is -2.27. The molecule has 0 aliphatic heterocycles. The van der Waals surface area contributed by atoms with Gasteiger partial charge in [-0.3, -0.25) is 0 Å². The zero-order valence-corrected chi connectivity index (χ0v) is 10.5. The van der Waals surface area contributed by atoms with Gasteiger partial charge in [-0.1, -0.05) is 26.7 Å². The molecule has 0 aromatic heterocycles. The Kier molecular flexibility index (Phi) is 5.62. The van der Waals surface area contributed by atoms with Crippen molar-refractivity contribution in [1.82, 2.24) is 5.32 Å².